The number of carbonyl (C=O) groups is 1. The summed E-state index contributed by atoms with van der Waals surface area (Å²) < 4.78 is 5.19. The zero-order chi connectivity index (χ0) is 13.0. The van der Waals surface area contributed by atoms with Crippen LogP contribution in [0.3, 0.4) is 0 Å². The fourth-order valence-electron chi connectivity index (χ4n) is 1.75. The average Bonchev–Trinajstić information content (AvgIpc) is 2.81. The van der Waals surface area contributed by atoms with Crippen LogP contribution in [0.4, 0.5) is 0 Å². The number of benzene rings is 1. The van der Waals surface area contributed by atoms with Gasteiger partial charge in [-0.25, -0.2) is 4.98 Å². The summed E-state index contributed by atoms with van der Waals surface area (Å²) in [6.45, 7) is 1.96. The molecule has 0 unspecified atom stereocenters. The van der Waals surface area contributed by atoms with Gasteiger partial charge in [0.2, 0.25) is 0 Å². The third-order valence-electron chi connectivity index (χ3n) is 2.64. The fourth-order valence-corrected chi connectivity index (χ4v) is 2.52. The van der Waals surface area contributed by atoms with Crippen LogP contribution in [0.1, 0.15) is 27.5 Å². The van der Waals surface area contributed by atoms with E-state index in [9.17, 15) is 4.79 Å². The van der Waals surface area contributed by atoms with E-state index >= 15 is 0 Å². The number of rotatable bonds is 5. The maximum atomic E-state index is 12.1. The highest BCUT2D eigenvalue weighted by molar-refractivity contribution is 7.09. The molecule has 0 saturated heterocycles. The number of hydrogen-bond donors (Lipinski definition) is 0. The van der Waals surface area contributed by atoms with Crippen LogP contribution in [0.25, 0.3) is 0 Å². The van der Waals surface area contributed by atoms with E-state index in [1.165, 1.54) is 0 Å². The van der Waals surface area contributed by atoms with Gasteiger partial charge < -0.3 is 4.74 Å². The summed E-state index contributed by atoms with van der Waals surface area (Å²) in [4.78, 5) is 16.5. The standard InChI is InChI=1S/C14H15NO2S/c1-10-9-18-14(15-10)8-7-12(16)11-5-3-4-6-13(11)17-2/h3-6,9H,7-8H2,1-2H3. The SMILES string of the molecule is COc1ccccc1C(=O)CCc1nc(C)cs1. The van der Waals surface area contributed by atoms with Gasteiger partial charge in [0.25, 0.3) is 0 Å². The Hall–Kier alpha value is -1.68. The zero-order valence-corrected chi connectivity index (χ0v) is 11.3. The molecule has 2 aromatic rings. The summed E-state index contributed by atoms with van der Waals surface area (Å²) in [5.74, 6) is 0.734. The molecule has 0 saturated carbocycles. The van der Waals surface area contributed by atoms with E-state index in [2.05, 4.69) is 4.98 Å². The quantitative estimate of drug-likeness (QED) is 0.775. The molecule has 0 atom stereocenters. The molecule has 0 aliphatic carbocycles. The summed E-state index contributed by atoms with van der Waals surface area (Å²) in [6, 6.07) is 7.32. The molecule has 0 spiro atoms. The van der Waals surface area contributed by atoms with Gasteiger partial charge in [-0.3, -0.25) is 4.79 Å². The summed E-state index contributed by atoms with van der Waals surface area (Å²) in [5, 5.41) is 3.01. The number of ether oxygens (including phenoxy) is 1. The molecule has 0 N–H and O–H groups in total. The van der Waals surface area contributed by atoms with Crippen molar-refractivity contribution in [3.63, 3.8) is 0 Å². The molecule has 0 fully saturated rings. The lowest BCUT2D eigenvalue weighted by Gasteiger charge is -2.06. The monoisotopic (exact) mass is 261 g/mol. The predicted molar refractivity (Wildman–Crippen MR) is 72.5 cm³/mol. The molecule has 2 rings (SSSR count). The molecule has 0 radical (unpaired) electrons. The van der Waals surface area contributed by atoms with Gasteiger partial charge in [0.15, 0.2) is 5.78 Å². The molecule has 4 heteroatoms. The summed E-state index contributed by atoms with van der Waals surface area (Å²) >= 11 is 1.60. The predicted octanol–water partition coefficient (Wildman–Crippen LogP) is 3.28. The maximum absolute atomic E-state index is 12.1. The molecule has 3 nitrogen and oxygen atoms in total. The number of methoxy groups -OCH3 is 1. The zero-order valence-electron chi connectivity index (χ0n) is 10.5. The van der Waals surface area contributed by atoms with Gasteiger partial charge in [-0.15, -0.1) is 11.3 Å². The van der Waals surface area contributed by atoms with E-state index in [0.717, 1.165) is 10.7 Å². The average molecular weight is 261 g/mol. The van der Waals surface area contributed by atoms with Crippen molar-refractivity contribution in [1.29, 1.82) is 0 Å². The van der Waals surface area contributed by atoms with Crippen molar-refractivity contribution >= 4 is 17.1 Å². The van der Waals surface area contributed by atoms with Crippen LogP contribution in [0.15, 0.2) is 29.6 Å². The second-order valence-electron chi connectivity index (χ2n) is 4.01. The number of ketones is 1. The van der Waals surface area contributed by atoms with Crippen LogP contribution in [-0.4, -0.2) is 17.9 Å². The van der Waals surface area contributed by atoms with E-state index < -0.39 is 0 Å². The Morgan fingerprint density at radius 2 is 2.17 bits per heavy atom. The van der Waals surface area contributed by atoms with Crippen molar-refractivity contribution in [3.05, 3.63) is 45.9 Å². The van der Waals surface area contributed by atoms with Gasteiger partial charge in [0.05, 0.1) is 17.7 Å². The summed E-state index contributed by atoms with van der Waals surface area (Å²) in [5.41, 5.74) is 1.66. The van der Waals surface area contributed by atoms with Crippen LogP contribution >= 0.6 is 11.3 Å². The summed E-state index contributed by atoms with van der Waals surface area (Å²) in [7, 11) is 1.58. The second-order valence-corrected chi connectivity index (χ2v) is 4.95. The van der Waals surface area contributed by atoms with E-state index in [-0.39, 0.29) is 5.78 Å². The third kappa shape index (κ3) is 2.96. The first kappa shape index (κ1) is 12.8. The van der Waals surface area contributed by atoms with Crippen LogP contribution in [-0.2, 0) is 6.42 Å². The number of Topliss-reactive ketones (excluding diaryl/α,β-unsaturated/α-hetero) is 1. The molecular weight excluding hydrogens is 246 g/mol. The number of carbonyl (C=O) groups excluding carboxylic acids is 1. The minimum absolute atomic E-state index is 0.0975. The first-order valence-corrected chi connectivity index (χ1v) is 6.66. The van der Waals surface area contributed by atoms with Gasteiger partial charge in [0.1, 0.15) is 5.75 Å². The smallest absolute Gasteiger partial charge is 0.167 e. The number of hydrogen-bond acceptors (Lipinski definition) is 4. The van der Waals surface area contributed by atoms with Crippen LogP contribution < -0.4 is 4.74 Å². The Morgan fingerprint density at radius 1 is 1.39 bits per heavy atom. The van der Waals surface area contributed by atoms with Crippen LogP contribution in [0, 0.1) is 6.92 Å². The minimum Gasteiger partial charge on any atom is -0.496 e. The number of aromatic nitrogens is 1. The number of aryl methyl sites for hydroxylation is 2. The summed E-state index contributed by atoms with van der Waals surface area (Å²) in [6.07, 6.45) is 1.16. The van der Waals surface area contributed by atoms with Gasteiger partial charge in [-0.05, 0) is 19.1 Å². The molecule has 1 aromatic heterocycles. The number of para-hydroxylation sites is 1. The molecule has 0 amide bonds. The Morgan fingerprint density at radius 3 is 2.83 bits per heavy atom. The molecular formula is C14H15NO2S. The highest BCUT2D eigenvalue weighted by atomic mass is 32.1. The Kier molecular flexibility index (Phi) is 4.10. The highest BCUT2D eigenvalue weighted by Crippen LogP contribution is 2.20. The van der Waals surface area contributed by atoms with Crippen LogP contribution in [0.5, 0.6) is 5.75 Å². The molecule has 94 valence electrons. The lowest BCUT2D eigenvalue weighted by Crippen LogP contribution is -2.03. The first-order chi connectivity index (χ1) is 8.70. The molecule has 0 bridgehead atoms. The highest BCUT2D eigenvalue weighted by Gasteiger charge is 2.12. The topological polar surface area (TPSA) is 39.2 Å². The van der Waals surface area contributed by atoms with Crippen molar-refractivity contribution in [2.45, 2.75) is 19.8 Å². The van der Waals surface area contributed by atoms with Gasteiger partial charge in [0, 0.05) is 23.9 Å². The van der Waals surface area contributed by atoms with Gasteiger partial charge >= 0.3 is 0 Å². The lowest BCUT2D eigenvalue weighted by molar-refractivity contribution is 0.0980. The lowest BCUT2D eigenvalue weighted by atomic mass is 10.1. The third-order valence-corrected chi connectivity index (χ3v) is 3.67. The van der Waals surface area contributed by atoms with E-state index in [0.29, 0.717) is 24.2 Å². The van der Waals surface area contributed by atoms with Gasteiger partial charge in [-0.2, -0.15) is 0 Å². The van der Waals surface area contributed by atoms with Crippen molar-refractivity contribution in [1.82, 2.24) is 4.98 Å². The normalized spacial score (nSPS) is 10.3. The molecule has 1 aromatic carbocycles. The van der Waals surface area contributed by atoms with E-state index in [4.69, 9.17) is 4.74 Å². The number of thiazole rings is 1. The first-order valence-electron chi connectivity index (χ1n) is 5.78. The molecule has 0 aliphatic heterocycles. The van der Waals surface area contributed by atoms with Crippen molar-refractivity contribution in [2.75, 3.05) is 7.11 Å². The van der Waals surface area contributed by atoms with Gasteiger partial charge in [-0.1, -0.05) is 12.1 Å². The van der Waals surface area contributed by atoms with Crippen molar-refractivity contribution in [3.8, 4) is 5.75 Å². The maximum Gasteiger partial charge on any atom is 0.167 e. The van der Waals surface area contributed by atoms with E-state index in [1.54, 1.807) is 30.6 Å². The van der Waals surface area contributed by atoms with Crippen LogP contribution in [0.2, 0.25) is 0 Å². The molecule has 0 aliphatic rings. The largest absolute Gasteiger partial charge is 0.496 e. The molecule has 1 heterocycles. The van der Waals surface area contributed by atoms with Crippen molar-refractivity contribution < 1.29 is 9.53 Å². The second kappa shape index (κ2) is 5.78. The van der Waals surface area contributed by atoms with Crippen molar-refractivity contribution in [2.24, 2.45) is 0 Å². The fraction of sp³-hybridized carbons (Fsp3) is 0.286. The van der Waals surface area contributed by atoms with E-state index in [1.807, 2.05) is 24.4 Å². The number of nitrogens with zero attached hydrogens (tertiary/aromatic N) is 1. The Balaban J connectivity index is 2.03. The Bertz CT molecular complexity index is 548. The minimum atomic E-state index is 0.0975. The Labute approximate surface area is 110 Å². The molecule has 18 heavy (non-hydrogen) atoms.